The molecule has 2 unspecified atom stereocenters. The predicted octanol–water partition coefficient (Wildman–Crippen LogP) is 2.22. The van der Waals surface area contributed by atoms with Crippen molar-refractivity contribution in [3.05, 3.63) is 36.0 Å². The van der Waals surface area contributed by atoms with E-state index >= 15 is 0 Å². The van der Waals surface area contributed by atoms with Crippen LogP contribution in [0.1, 0.15) is 31.4 Å². The Kier molecular flexibility index (Phi) is 3.08. The van der Waals surface area contributed by atoms with E-state index < -0.39 is 0 Å². The predicted molar refractivity (Wildman–Crippen MR) is 82.2 cm³/mol. The van der Waals surface area contributed by atoms with Crippen LogP contribution in [0.4, 0.5) is 5.82 Å². The topological polar surface area (TPSA) is 56.6 Å². The molecular formula is C17H20N2O2. The highest BCUT2D eigenvalue weighted by molar-refractivity contribution is 5.93. The summed E-state index contributed by atoms with van der Waals surface area (Å²) in [4.78, 5) is 7.10. The molecule has 2 N–H and O–H groups in total. The molecule has 2 saturated heterocycles. The molecule has 2 aromatic rings. The second-order valence-corrected chi connectivity index (χ2v) is 6.23. The lowest BCUT2D eigenvalue weighted by molar-refractivity contribution is 0.126. The van der Waals surface area contributed by atoms with E-state index in [9.17, 15) is 10.2 Å². The summed E-state index contributed by atoms with van der Waals surface area (Å²) in [6, 6.07) is 10.9. The van der Waals surface area contributed by atoms with Crippen molar-refractivity contribution in [3.8, 4) is 0 Å². The first kappa shape index (κ1) is 13.0. The van der Waals surface area contributed by atoms with Gasteiger partial charge in [-0.15, -0.1) is 0 Å². The number of fused-ring (bicyclic) bond motifs is 3. The molecule has 110 valence electrons. The van der Waals surface area contributed by atoms with Gasteiger partial charge >= 0.3 is 0 Å². The molecule has 0 radical (unpaired) electrons. The minimum atomic E-state index is -0.175. The summed E-state index contributed by atoms with van der Waals surface area (Å²) in [6.45, 7) is -0.0381. The van der Waals surface area contributed by atoms with Crippen LogP contribution in [0.15, 0.2) is 30.3 Å². The summed E-state index contributed by atoms with van der Waals surface area (Å²) in [5.41, 5.74) is 0.717. The third-order valence-corrected chi connectivity index (χ3v) is 4.89. The van der Waals surface area contributed by atoms with Crippen molar-refractivity contribution in [3.63, 3.8) is 0 Å². The molecule has 4 rings (SSSR count). The molecule has 4 heteroatoms. The average Bonchev–Trinajstić information content (AvgIpc) is 2.77. The summed E-state index contributed by atoms with van der Waals surface area (Å²) in [5, 5.41) is 21.7. The molecule has 21 heavy (non-hydrogen) atoms. The van der Waals surface area contributed by atoms with Gasteiger partial charge in [-0.1, -0.05) is 24.3 Å². The number of anilines is 1. The van der Waals surface area contributed by atoms with Gasteiger partial charge in [-0.05, 0) is 37.1 Å². The highest BCUT2D eigenvalue weighted by Gasteiger charge is 2.41. The number of aliphatic hydroxyl groups is 2. The normalized spacial score (nSPS) is 28.3. The summed E-state index contributed by atoms with van der Waals surface area (Å²) in [5.74, 6) is 0.983. The fourth-order valence-electron chi connectivity index (χ4n) is 4.01. The zero-order valence-corrected chi connectivity index (χ0v) is 11.9. The molecule has 0 amide bonds. The number of benzene rings is 1. The number of aliphatic hydroxyl groups excluding tert-OH is 2. The second kappa shape index (κ2) is 4.97. The number of rotatable bonds is 2. The third kappa shape index (κ3) is 2.10. The number of hydrogen-bond donors (Lipinski definition) is 2. The lowest BCUT2D eigenvalue weighted by Gasteiger charge is -2.38. The van der Waals surface area contributed by atoms with Crippen LogP contribution in [0, 0.1) is 0 Å². The fourth-order valence-corrected chi connectivity index (χ4v) is 4.01. The Bertz CT molecular complexity index is 659. The zero-order valence-electron chi connectivity index (χ0n) is 11.9. The third-order valence-electron chi connectivity index (χ3n) is 4.89. The van der Waals surface area contributed by atoms with Crippen molar-refractivity contribution in [2.75, 3.05) is 4.90 Å². The maximum Gasteiger partial charge on any atom is 0.137 e. The van der Waals surface area contributed by atoms with E-state index in [1.165, 1.54) is 0 Å². The van der Waals surface area contributed by atoms with Gasteiger partial charge in [0, 0.05) is 17.5 Å². The van der Waals surface area contributed by atoms with Gasteiger partial charge in [0.05, 0.1) is 18.4 Å². The lowest BCUT2D eigenvalue weighted by Crippen LogP contribution is -2.45. The van der Waals surface area contributed by atoms with Crippen LogP contribution < -0.4 is 4.90 Å². The zero-order chi connectivity index (χ0) is 14.4. The van der Waals surface area contributed by atoms with Crippen molar-refractivity contribution in [1.29, 1.82) is 0 Å². The molecule has 1 aromatic carbocycles. The maximum atomic E-state index is 9.98. The van der Waals surface area contributed by atoms with E-state index in [1.807, 2.05) is 18.2 Å². The first-order chi connectivity index (χ1) is 10.3. The minimum Gasteiger partial charge on any atom is -0.393 e. The van der Waals surface area contributed by atoms with E-state index in [4.69, 9.17) is 4.98 Å². The fraction of sp³-hybridized carbons (Fsp3) is 0.471. The van der Waals surface area contributed by atoms with Gasteiger partial charge in [-0.25, -0.2) is 4.98 Å². The molecule has 2 bridgehead atoms. The second-order valence-electron chi connectivity index (χ2n) is 6.23. The summed E-state index contributed by atoms with van der Waals surface area (Å²) in [6.07, 6.45) is 3.74. The van der Waals surface area contributed by atoms with Crippen LogP contribution >= 0.6 is 0 Å². The number of nitrogens with zero attached hydrogens (tertiary/aromatic N) is 2. The van der Waals surface area contributed by atoms with E-state index in [0.717, 1.165) is 42.3 Å². The maximum absolute atomic E-state index is 9.98. The average molecular weight is 284 g/mol. The lowest BCUT2D eigenvalue weighted by atomic mass is 9.99. The molecule has 2 fully saturated rings. The smallest absolute Gasteiger partial charge is 0.137 e. The van der Waals surface area contributed by atoms with E-state index in [-0.39, 0.29) is 12.7 Å². The molecule has 3 heterocycles. The Balaban J connectivity index is 1.86. The highest BCUT2D eigenvalue weighted by atomic mass is 16.3. The Morgan fingerprint density at radius 1 is 1.14 bits per heavy atom. The van der Waals surface area contributed by atoms with E-state index in [0.29, 0.717) is 17.8 Å². The SMILES string of the molecule is OCc1cc2ccccc2c(N2C3CCC2CC(O)C3)n1. The van der Waals surface area contributed by atoms with Crippen molar-refractivity contribution < 1.29 is 10.2 Å². The number of aromatic nitrogens is 1. The van der Waals surface area contributed by atoms with Gasteiger partial charge in [0.15, 0.2) is 0 Å². The summed E-state index contributed by atoms with van der Waals surface area (Å²) < 4.78 is 0. The standard InChI is InChI=1S/C17H20N2O2/c20-10-12-7-11-3-1-2-4-16(11)17(18-12)19-13-5-6-14(19)9-15(21)8-13/h1-4,7,13-15,20-21H,5-6,8-10H2. The molecule has 2 aliphatic heterocycles. The van der Waals surface area contributed by atoms with Crippen LogP contribution in [0.3, 0.4) is 0 Å². The summed E-state index contributed by atoms with van der Waals surface area (Å²) in [7, 11) is 0. The molecule has 1 aromatic heterocycles. The van der Waals surface area contributed by atoms with Gasteiger partial charge in [-0.3, -0.25) is 0 Å². The first-order valence-electron chi connectivity index (χ1n) is 7.72. The van der Waals surface area contributed by atoms with Crippen molar-refractivity contribution >= 4 is 16.6 Å². The van der Waals surface area contributed by atoms with Gasteiger partial charge < -0.3 is 15.1 Å². The van der Waals surface area contributed by atoms with Gasteiger partial charge in [0.2, 0.25) is 0 Å². The Hall–Kier alpha value is -1.65. The number of pyridine rings is 1. The monoisotopic (exact) mass is 284 g/mol. The van der Waals surface area contributed by atoms with Gasteiger partial charge in [0.1, 0.15) is 5.82 Å². The van der Waals surface area contributed by atoms with E-state index in [2.05, 4.69) is 17.0 Å². The molecule has 0 aliphatic carbocycles. The van der Waals surface area contributed by atoms with Gasteiger partial charge in [0.25, 0.3) is 0 Å². The molecule has 2 atom stereocenters. The van der Waals surface area contributed by atoms with Gasteiger partial charge in [-0.2, -0.15) is 0 Å². The Morgan fingerprint density at radius 2 is 1.86 bits per heavy atom. The van der Waals surface area contributed by atoms with Crippen LogP contribution in [-0.2, 0) is 6.61 Å². The molecule has 2 aliphatic rings. The number of hydrogen-bond acceptors (Lipinski definition) is 4. The van der Waals surface area contributed by atoms with Crippen LogP contribution in [0.2, 0.25) is 0 Å². The van der Waals surface area contributed by atoms with Crippen molar-refractivity contribution in [2.45, 2.75) is 50.5 Å². The largest absolute Gasteiger partial charge is 0.393 e. The molecular weight excluding hydrogens is 264 g/mol. The van der Waals surface area contributed by atoms with Crippen molar-refractivity contribution in [1.82, 2.24) is 4.98 Å². The molecule has 0 saturated carbocycles. The first-order valence-corrected chi connectivity index (χ1v) is 7.72. The summed E-state index contributed by atoms with van der Waals surface area (Å²) >= 11 is 0. The van der Waals surface area contributed by atoms with Crippen LogP contribution in [0.25, 0.3) is 10.8 Å². The minimum absolute atomic E-state index is 0.0381. The highest BCUT2D eigenvalue weighted by Crippen LogP contribution is 2.41. The van der Waals surface area contributed by atoms with Crippen molar-refractivity contribution in [2.24, 2.45) is 0 Å². The van der Waals surface area contributed by atoms with Crippen LogP contribution in [0.5, 0.6) is 0 Å². The number of piperidine rings is 1. The van der Waals surface area contributed by atoms with Crippen LogP contribution in [-0.4, -0.2) is 33.4 Å². The quantitative estimate of drug-likeness (QED) is 0.888. The molecule has 0 spiro atoms. The van der Waals surface area contributed by atoms with E-state index in [1.54, 1.807) is 0 Å². The molecule has 4 nitrogen and oxygen atoms in total. The Morgan fingerprint density at radius 3 is 2.57 bits per heavy atom. The Labute approximate surface area is 124 Å².